The van der Waals surface area contributed by atoms with E-state index in [0.29, 0.717) is 17.5 Å². The Kier molecular flexibility index (Phi) is 6.37. The molecular formula is C41H35N2O4S+. The van der Waals surface area contributed by atoms with E-state index in [9.17, 15) is 19.8 Å². The molecule has 2 atom stereocenters. The van der Waals surface area contributed by atoms with Crippen LogP contribution in [-0.2, 0) is 21.5 Å². The fourth-order valence-corrected chi connectivity index (χ4v) is 9.87. The van der Waals surface area contributed by atoms with Crippen LogP contribution < -0.4 is 9.47 Å². The van der Waals surface area contributed by atoms with Crippen molar-refractivity contribution in [1.29, 1.82) is 0 Å². The molecule has 3 aliphatic carbocycles. The predicted molar refractivity (Wildman–Crippen MR) is 190 cm³/mol. The monoisotopic (exact) mass is 651 g/mol. The van der Waals surface area contributed by atoms with E-state index >= 15 is 0 Å². The highest BCUT2D eigenvalue weighted by Gasteiger charge is 2.44. The van der Waals surface area contributed by atoms with E-state index in [1.165, 1.54) is 50.5 Å². The highest BCUT2D eigenvalue weighted by Crippen LogP contribution is 2.55. The quantitative estimate of drug-likeness (QED) is 0.142. The van der Waals surface area contributed by atoms with Gasteiger partial charge in [0.1, 0.15) is 16.9 Å². The number of carboxylic acid groups (broad SMARTS) is 1. The molecule has 1 fully saturated rings. The Morgan fingerprint density at radius 1 is 0.979 bits per heavy atom. The number of aliphatic carboxylic acids is 1. The molecule has 0 spiro atoms. The highest BCUT2D eigenvalue weighted by molar-refractivity contribution is 7.18. The van der Waals surface area contributed by atoms with E-state index in [0.717, 1.165) is 40.1 Å². The maximum Gasteiger partial charge on any atom is 0.309 e. The Bertz CT molecular complexity index is 2290. The van der Waals surface area contributed by atoms with E-state index in [-0.39, 0.29) is 35.5 Å². The number of carboxylic acids is 1. The minimum absolute atomic E-state index is 0.000403. The first-order valence-electron chi connectivity index (χ1n) is 16.7. The molecule has 0 saturated heterocycles. The number of para-hydroxylation sites is 1. The van der Waals surface area contributed by atoms with Crippen molar-refractivity contribution in [3.05, 3.63) is 124 Å². The van der Waals surface area contributed by atoms with Crippen molar-refractivity contribution in [2.75, 3.05) is 4.90 Å². The maximum absolute atomic E-state index is 13.7. The third kappa shape index (κ3) is 4.13. The number of hydrogen-bond donors (Lipinski definition) is 2. The molecule has 9 rings (SSSR count). The van der Waals surface area contributed by atoms with E-state index in [4.69, 9.17) is 0 Å². The average molecular weight is 652 g/mol. The zero-order valence-corrected chi connectivity index (χ0v) is 27.7. The minimum atomic E-state index is -0.883. The SMILES string of the molecule is CC1(C)c2ccccc2-c2ccc(N3c4ccc(C5=C(O)C(=Cc6sc7ccccc7[n+]6CCC(=O)O)C5=O)cc4C4CCCC43)cc21. The van der Waals surface area contributed by atoms with Crippen molar-refractivity contribution in [2.45, 2.75) is 63.5 Å². The molecule has 1 aliphatic heterocycles. The topological polar surface area (TPSA) is 81.7 Å². The van der Waals surface area contributed by atoms with Gasteiger partial charge >= 0.3 is 5.97 Å². The summed E-state index contributed by atoms with van der Waals surface area (Å²) in [7, 11) is 0. The summed E-state index contributed by atoms with van der Waals surface area (Å²) < 4.78 is 2.92. The number of fused-ring (bicyclic) bond motifs is 7. The first-order chi connectivity index (χ1) is 23.2. The minimum Gasteiger partial charge on any atom is -0.506 e. The molecule has 7 heteroatoms. The number of hydrogen-bond acceptors (Lipinski definition) is 5. The third-order valence-electron chi connectivity index (χ3n) is 11.0. The molecule has 0 radical (unpaired) electrons. The van der Waals surface area contributed by atoms with Crippen LogP contribution in [0.1, 0.15) is 72.7 Å². The number of thiazole rings is 1. The predicted octanol–water partition coefficient (Wildman–Crippen LogP) is 8.69. The molecule has 1 saturated carbocycles. The summed E-state index contributed by atoms with van der Waals surface area (Å²) in [5.74, 6) is -0.696. The summed E-state index contributed by atoms with van der Waals surface area (Å²) in [5, 5.41) is 21.4. The fourth-order valence-electron chi connectivity index (χ4n) is 8.74. The zero-order chi connectivity index (χ0) is 32.9. The van der Waals surface area contributed by atoms with Crippen LogP contribution in [0.5, 0.6) is 0 Å². The molecule has 2 heterocycles. The van der Waals surface area contributed by atoms with Crippen molar-refractivity contribution in [2.24, 2.45) is 0 Å². The molecule has 0 amide bonds. The van der Waals surface area contributed by atoms with Crippen LogP contribution in [0.25, 0.3) is 33.0 Å². The van der Waals surface area contributed by atoms with Gasteiger partial charge < -0.3 is 15.1 Å². The van der Waals surface area contributed by atoms with Crippen molar-refractivity contribution in [1.82, 2.24) is 0 Å². The molecule has 0 bridgehead atoms. The lowest BCUT2D eigenvalue weighted by molar-refractivity contribution is -0.667. The Hall–Kier alpha value is -5.01. The summed E-state index contributed by atoms with van der Waals surface area (Å²) in [6, 6.07) is 30.1. The largest absolute Gasteiger partial charge is 0.506 e. The number of anilines is 2. The number of rotatable bonds is 6. The van der Waals surface area contributed by atoms with E-state index < -0.39 is 5.97 Å². The van der Waals surface area contributed by atoms with Gasteiger partial charge in [-0.15, -0.1) is 0 Å². The number of aliphatic hydroxyl groups excluding tert-OH is 1. The lowest BCUT2D eigenvalue weighted by atomic mass is 9.82. The second-order valence-corrected chi connectivity index (χ2v) is 15.0. The number of ketones is 1. The summed E-state index contributed by atoms with van der Waals surface area (Å²) in [6.07, 6.45) is 5.06. The van der Waals surface area contributed by atoms with Crippen molar-refractivity contribution >= 4 is 56.3 Å². The van der Waals surface area contributed by atoms with Gasteiger partial charge in [-0.3, -0.25) is 9.59 Å². The van der Waals surface area contributed by atoms with Crippen LogP contribution in [0.4, 0.5) is 11.4 Å². The van der Waals surface area contributed by atoms with Crippen molar-refractivity contribution < 1.29 is 24.4 Å². The van der Waals surface area contributed by atoms with Gasteiger partial charge in [-0.1, -0.05) is 80.1 Å². The molecule has 238 valence electrons. The molecule has 4 aromatic carbocycles. The lowest BCUT2D eigenvalue weighted by Gasteiger charge is -2.29. The molecule has 1 aromatic heterocycles. The van der Waals surface area contributed by atoms with Gasteiger partial charge in [0.15, 0.2) is 6.54 Å². The molecular weight excluding hydrogens is 617 g/mol. The number of aliphatic hydroxyl groups is 1. The Balaban J connectivity index is 1.08. The van der Waals surface area contributed by atoms with Crippen LogP contribution in [0.2, 0.25) is 0 Å². The number of carbonyl (C=O) groups is 2. The van der Waals surface area contributed by atoms with Crippen molar-refractivity contribution in [3.63, 3.8) is 0 Å². The number of aryl methyl sites for hydroxylation is 1. The maximum atomic E-state index is 13.7. The van der Waals surface area contributed by atoms with Crippen LogP contribution in [0.3, 0.4) is 0 Å². The Morgan fingerprint density at radius 2 is 1.77 bits per heavy atom. The molecule has 2 N–H and O–H groups in total. The van der Waals surface area contributed by atoms with Gasteiger partial charge in [0.05, 0.1) is 11.1 Å². The summed E-state index contributed by atoms with van der Waals surface area (Å²) in [6.45, 7) is 4.92. The Labute approximate surface area is 282 Å². The summed E-state index contributed by atoms with van der Waals surface area (Å²) in [4.78, 5) is 27.5. The zero-order valence-electron chi connectivity index (χ0n) is 26.9. The van der Waals surface area contributed by atoms with Crippen LogP contribution in [-0.4, -0.2) is 28.0 Å². The first-order valence-corrected chi connectivity index (χ1v) is 17.5. The van der Waals surface area contributed by atoms with Crippen LogP contribution in [0.15, 0.2) is 96.3 Å². The standard InChI is InChI=1S/C41H34N2O4S/c1-41(2)30-10-4-3-8-25(30)26-16-15-24(21-31(26)41)43-32-12-7-9-27(32)28-20-23(14-17-33(28)43)38-39(46)29(40(38)47)22-36-42(19-18-37(44)45)34-11-5-6-13-35(34)48-36/h3-6,8,10-11,13-17,20-22,27,32H,7,9,12,18-19H2,1-2H3,(H-,44,45,46,47)/p+1. The second kappa shape index (κ2) is 10.5. The average Bonchev–Trinajstić information content (AvgIpc) is 3.83. The van der Waals surface area contributed by atoms with Crippen LogP contribution >= 0.6 is 11.3 Å². The Morgan fingerprint density at radius 3 is 2.60 bits per heavy atom. The van der Waals surface area contributed by atoms with Gasteiger partial charge in [-0.25, -0.2) is 0 Å². The van der Waals surface area contributed by atoms with E-state index in [1.54, 1.807) is 6.08 Å². The molecule has 2 unspecified atom stereocenters. The van der Waals surface area contributed by atoms with Gasteiger partial charge in [0.2, 0.25) is 11.3 Å². The van der Waals surface area contributed by atoms with Gasteiger partial charge in [-0.2, -0.15) is 4.57 Å². The molecule has 4 aliphatic rings. The second-order valence-electron chi connectivity index (χ2n) is 14.0. The number of Topliss-reactive ketones (excluding diaryl/α,β-unsaturated/α-hetero) is 1. The first kappa shape index (κ1) is 29.2. The number of allylic oxidation sites excluding steroid dienone is 2. The van der Waals surface area contributed by atoms with Gasteiger partial charge in [0, 0.05) is 40.9 Å². The van der Waals surface area contributed by atoms with Crippen molar-refractivity contribution in [3.8, 4) is 11.1 Å². The number of benzene rings is 4. The van der Waals surface area contributed by atoms with Gasteiger partial charge in [0.25, 0.3) is 5.01 Å². The number of nitrogens with zero attached hydrogens (tertiary/aromatic N) is 2. The number of aromatic nitrogens is 1. The number of carbonyl (C=O) groups excluding carboxylic acids is 1. The smallest absolute Gasteiger partial charge is 0.309 e. The molecule has 5 aromatic rings. The van der Waals surface area contributed by atoms with Crippen LogP contribution in [0, 0.1) is 0 Å². The normalized spacial score (nSPS) is 21.0. The summed E-state index contributed by atoms with van der Waals surface area (Å²) in [5.41, 5.74) is 11.2. The highest BCUT2D eigenvalue weighted by atomic mass is 32.1. The lowest BCUT2D eigenvalue weighted by Crippen LogP contribution is -2.36. The third-order valence-corrected chi connectivity index (χ3v) is 12.2. The fraction of sp³-hybridized carbons (Fsp3) is 0.244. The molecule has 48 heavy (non-hydrogen) atoms. The van der Waals surface area contributed by atoms with E-state index in [2.05, 4.69) is 73.3 Å². The summed E-state index contributed by atoms with van der Waals surface area (Å²) >= 11 is 1.48. The van der Waals surface area contributed by atoms with Gasteiger partial charge in [-0.05, 0) is 76.6 Å². The molecule has 6 nitrogen and oxygen atoms in total. The van der Waals surface area contributed by atoms with E-state index in [1.807, 2.05) is 34.9 Å².